The van der Waals surface area contributed by atoms with Gasteiger partial charge in [-0.3, -0.25) is 4.79 Å². The lowest BCUT2D eigenvalue weighted by Crippen LogP contribution is -2.11. The number of aryl methyl sites for hydroxylation is 4. The maximum absolute atomic E-state index is 12.1. The number of carbonyl (C=O) groups is 1. The number of carbonyl (C=O) groups excluding carboxylic acids is 1. The van der Waals surface area contributed by atoms with E-state index in [9.17, 15) is 4.79 Å². The molecule has 1 N–H and O–H groups in total. The van der Waals surface area contributed by atoms with Crippen LogP contribution < -0.4 is 10.1 Å². The molecule has 23 heavy (non-hydrogen) atoms. The van der Waals surface area contributed by atoms with E-state index in [-0.39, 0.29) is 5.91 Å². The summed E-state index contributed by atoms with van der Waals surface area (Å²) in [4.78, 5) is 12.1. The fourth-order valence-electron chi connectivity index (χ4n) is 2.79. The minimum absolute atomic E-state index is 0.0705. The van der Waals surface area contributed by atoms with Crippen LogP contribution in [-0.2, 0) is 11.2 Å². The zero-order valence-corrected chi connectivity index (χ0v) is 14.4. The van der Waals surface area contributed by atoms with Gasteiger partial charge in [-0.2, -0.15) is 0 Å². The van der Waals surface area contributed by atoms with E-state index < -0.39 is 0 Å². The van der Waals surface area contributed by atoms with Gasteiger partial charge in [0.1, 0.15) is 5.75 Å². The van der Waals surface area contributed by atoms with Crippen molar-refractivity contribution in [1.29, 1.82) is 0 Å². The molecule has 0 spiro atoms. The van der Waals surface area contributed by atoms with Crippen LogP contribution in [-0.4, -0.2) is 13.0 Å². The number of methoxy groups -OCH3 is 1. The summed E-state index contributed by atoms with van der Waals surface area (Å²) in [5.41, 5.74) is 5.68. The Morgan fingerprint density at radius 2 is 1.74 bits per heavy atom. The molecule has 2 aromatic carbocycles. The summed E-state index contributed by atoms with van der Waals surface area (Å²) in [5.74, 6) is 0.944. The standard InChI is InChI=1S/C20H25NO2/c1-14-10-15(2)12-18(11-14)21-20(22)7-5-6-17-8-9-19(23-4)13-16(17)3/h8-13H,5-7H2,1-4H3,(H,21,22). The van der Waals surface area contributed by atoms with Crippen LogP contribution in [0.25, 0.3) is 0 Å². The van der Waals surface area contributed by atoms with Crippen LogP contribution in [0.15, 0.2) is 36.4 Å². The fraction of sp³-hybridized carbons (Fsp3) is 0.350. The summed E-state index contributed by atoms with van der Waals surface area (Å²) < 4.78 is 5.21. The average molecular weight is 311 g/mol. The normalized spacial score (nSPS) is 10.4. The van der Waals surface area contributed by atoms with Crippen LogP contribution in [0.5, 0.6) is 5.75 Å². The number of ether oxygens (including phenoxy) is 1. The zero-order valence-electron chi connectivity index (χ0n) is 14.4. The minimum atomic E-state index is 0.0705. The molecule has 3 heteroatoms. The Balaban J connectivity index is 1.85. The van der Waals surface area contributed by atoms with Crippen molar-refractivity contribution >= 4 is 11.6 Å². The second-order valence-corrected chi connectivity index (χ2v) is 6.07. The third kappa shape index (κ3) is 5.13. The summed E-state index contributed by atoms with van der Waals surface area (Å²) in [6.07, 6.45) is 2.26. The third-order valence-corrected chi connectivity index (χ3v) is 3.91. The predicted molar refractivity (Wildman–Crippen MR) is 95.2 cm³/mol. The van der Waals surface area contributed by atoms with Gasteiger partial charge in [0, 0.05) is 12.1 Å². The first-order valence-electron chi connectivity index (χ1n) is 7.99. The van der Waals surface area contributed by atoms with E-state index >= 15 is 0 Å². The summed E-state index contributed by atoms with van der Waals surface area (Å²) >= 11 is 0. The molecule has 0 saturated carbocycles. The number of anilines is 1. The highest BCUT2D eigenvalue weighted by atomic mass is 16.5. The molecule has 3 nitrogen and oxygen atoms in total. The van der Waals surface area contributed by atoms with Crippen molar-refractivity contribution in [1.82, 2.24) is 0 Å². The summed E-state index contributed by atoms with van der Waals surface area (Å²) in [5, 5.41) is 2.98. The topological polar surface area (TPSA) is 38.3 Å². The Kier molecular flexibility index (Phi) is 5.80. The molecule has 2 aromatic rings. The van der Waals surface area contributed by atoms with Crippen molar-refractivity contribution < 1.29 is 9.53 Å². The summed E-state index contributed by atoms with van der Waals surface area (Å²) in [7, 11) is 1.67. The van der Waals surface area contributed by atoms with Crippen LogP contribution in [0.3, 0.4) is 0 Å². The highest BCUT2D eigenvalue weighted by molar-refractivity contribution is 5.90. The van der Waals surface area contributed by atoms with Crippen LogP contribution in [0, 0.1) is 20.8 Å². The molecule has 0 bridgehead atoms. The van der Waals surface area contributed by atoms with Gasteiger partial charge in [0.05, 0.1) is 7.11 Å². The van der Waals surface area contributed by atoms with Gasteiger partial charge in [0.25, 0.3) is 0 Å². The molecule has 0 atom stereocenters. The van der Waals surface area contributed by atoms with E-state index in [1.807, 2.05) is 38.1 Å². The lowest BCUT2D eigenvalue weighted by atomic mass is 10.0. The Bertz CT molecular complexity index is 672. The number of nitrogens with one attached hydrogen (secondary N) is 1. The van der Waals surface area contributed by atoms with E-state index in [4.69, 9.17) is 4.74 Å². The van der Waals surface area contributed by atoms with E-state index in [1.165, 1.54) is 11.1 Å². The molecule has 0 fully saturated rings. The second-order valence-electron chi connectivity index (χ2n) is 6.07. The number of amides is 1. The molecule has 0 unspecified atom stereocenters. The molecule has 122 valence electrons. The Hall–Kier alpha value is -2.29. The second kappa shape index (κ2) is 7.82. The Morgan fingerprint density at radius 3 is 2.35 bits per heavy atom. The average Bonchev–Trinajstić information content (AvgIpc) is 2.47. The summed E-state index contributed by atoms with van der Waals surface area (Å²) in [6, 6.07) is 12.2. The van der Waals surface area contributed by atoms with Crippen molar-refractivity contribution in [3.63, 3.8) is 0 Å². The van der Waals surface area contributed by atoms with Crippen LogP contribution >= 0.6 is 0 Å². The SMILES string of the molecule is COc1ccc(CCCC(=O)Nc2cc(C)cc(C)c2)c(C)c1. The zero-order chi connectivity index (χ0) is 16.8. The fourth-order valence-corrected chi connectivity index (χ4v) is 2.79. The first-order chi connectivity index (χ1) is 11.0. The quantitative estimate of drug-likeness (QED) is 0.848. The van der Waals surface area contributed by atoms with Gasteiger partial charge < -0.3 is 10.1 Å². The summed E-state index contributed by atoms with van der Waals surface area (Å²) in [6.45, 7) is 6.15. The maximum atomic E-state index is 12.1. The van der Waals surface area contributed by atoms with Crippen LogP contribution in [0.1, 0.15) is 35.1 Å². The molecular formula is C20H25NO2. The van der Waals surface area contributed by atoms with Gasteiger partial charge in [0.15, 0.2) is 0 Å². The van der Waals surface area contributed by atoms with E-state index in [2.05, 4.69) is 24.4 Å². The lowest BCUT2D eigenvalue weighted by Gasteiger charge is -2.09. The molecular weight excluding hydrogens is 286 g/mol. The van der Waals surface area contributed by atoms with Gasteiger partial charge >= 0.3 is 0 Å². The molecule has 0 heterocycles. The lowest BCUT2D eigenvalue weighted by molar-refractivity contribution is -0.116. The first-order valence-corrected chi connectivity index (χ1v) is 7.99. The van der Waals surface area contributed by atoms with Crippen molar-refractivity contribution in [2.24, 2.45) is 0 Å². The molecule has 0 aliphatic rings. The van der Waals surface area contributed by atoms with Gasteiger partial charge in [0.2, 0.25) is 5.91 Å². The molecule has 0 aliphatic carbocycles. The molecule has 0 aromatic heterocycles. The monoisotopic (exact) mass is 311 g/mol. The molecule has 2 rings (SSSR count). The van der Waals surface area contributed by atoms with E-state index in [1.54, 1.807) is 7.11 Å². The maximum Gasteiger partial charge on any atom is 0.224 e. The van der Waals surface area contributed by atoms with Crippen LogP contribution in [0.4, 0.5) is 5.69 Å². The number of hydrogen-bond donors (Lipinski definition) is 1. The highest BCUT2D eigenvalue weighted by Crippen LogP contribution is 2.19. The predicted octanol–water partition coefficient (Wildman–Crippen LogP) is 4.58. The largest absolute Gasteiger partial charge is 0.497 e. The minimum Gasteiger partial charge on any atom is -0.497 e. The van der Waals surface area contributed by atoms with Crippen molar-refractivity contribution in [3.05, 3.63) is 58.7 Å². The Morgan fingerprint density at radius 1 is 1.04 bits per heavy atom. The molecule has 0 radical (unpaired) electrons. The van der Waals surface area contributed by atoms with Gasteiger partial charge in [-0.25, -0.2) is 0 Å². The molecule has 0 saturated heterocycles. The smallest absolute Gasteiger partial charge is 0.224 e. The molecule has 0 aliphatic heterocycles. The van der Waals surface area contributed by atoms with Gasteiger partial charge in [-0.15, -0.1) is 0 Å². The number of benzene rings is 2. The van der Waals surface area contributed by atoms with E-state index in [0.29, 0.717) is 6.42 Å². The van der Waals surface area contributed by atoms with Crippen molar-refractivity contribution in [2.75, 3.05) is 12.4 Å². The van der Waals surface area contributed by atoms with E-state index in [0.717, 1.165) is 35.4 Å². The van der Waals surface area contributed by atoms with Gasteiger partial charge in [-0.1, -0.05) is 12.1 Å². The highest BCUT2D eigenvalue weighted by Gasteiger charge is 2.05. The molecule has 1 amide bonds. The third-order valence-electron chi connectivity index (χ3n) is 3.91. The van der Waals surface area contributed by atoms with Crippen LogP contribution in [0.2, 0.25) is 0 Å². The Labute approximate surface area is 138 Å². The van der Waals surface area contributed by atoms with Crippen molar-refractivity contribution in [3.8, 4) is 5.75 Å². The number of hydrogen-bond acceptors (Lipinski definition) is 2. The van der Waals surface area contributed by atoms with Gasteiger partial charge in [-0.05, 0) is 80.1 Å². The first kappa shape index (κ1) is 17.1. The van der Waals surface area contributed by atoms with Crippen molar-refractivity contribution in [2.45, 2.75) is 40.0 Å². The number of rotatable bonds is 6.